The van der Waals surface area contributed by atoms with Gasteiger partial charge in [-0.2, -0.15) is 0 Å². The van der Waals surface area contributed by atoms with Crippen LogP contribution in [0.15, 0.2) is 42.5 Å². The Morgan fingerprint density at radius 1 is 1.00 bits per heavy atom. The fraction of sp³-hybridized carbons (Fsp3) is 0.517. The zero-order valence-corrected chi connectivity index (χ0v) is 24.4. The van der Waals surface area contributed by atoms with Gasteiger partial charge < -0.3 is 19.7 Å². The summed E-state index contributed by atoms with van der Waals surface area (Å²) in [4.78, 5) is 28.3. The summed E-state index contributed by atoms with van der Waals surface area (Å²) in [7, 11) is -3.62. The first-order valence-corrected chi connectivity index (χ1v) is 15.4. The molecule has 214 valence electrons. The summed E-state index contributed by atoms with van der Waals surface area (Å²) in [5.74, 6) is 0.686. The van der Waals surface area contributed by atoms with Crippen LogP contribution in [-0.2, 0) is 26.2 Å². The quantitative estimate of drug-likeness (QED) is 0.397. The van der Waals surface area contributed by atoms with Crippen LogP contribution in [0.1, 0.15) is 57.6 Å². The molecule has 0 aromatic heterocycles. The highest BCUT2D eigenvalue weighted by molar-refractivity contribution is 7.92. The number of carbonyl (C=O) groups is 2. The number of benzene rings is 2. The lowest BCUT2D eigenvalue weighted by atomic mass is 10.1. The highest BCUT2D eigenvalue weighted by Gasteiger charge is 2.29. The van der Waals surface area contributed by atoms with Crippen LogP contribution in [0, 0.1) is 6.92 Å². The summed E-state index contributed by atoms with van der Waals surface area (Å²) in [5, 5.41) is 3.01. The maximum atomic E-state index is 13.6. The van der Waals surface area contributed by atoms with Crippen molar-refractivity contribution in [2.45, 2.75) is 72.0 Å². The Balaban J connectivity index is 1.77. The van der Waals surface area contributed by atoms with Gasteiger partial charge in [0.15, 0.2) is 11.5 Å². The average Bonchev–Trinajstić information content (AvgIpc) is 2.90. The molecule has 1 aliphatic heterocycles. The number of sulfonamides is 1. The van der Waals surface area contributed by atoms with Crippen LogP contribution in [0.2, 0.25) is 0 Å². The van der Waals surface area contributed by atoms with E-state index in [1.165, 1.54) is 4.31 Å². The van der Waals surface area contributed by atoms with Gasteiger partial charge in [-0.1, -0.05) is 43.7 Å². The van der Waals surface area contributed by atoms with E-state index >= 15 is 0 Å². The van der Waals surface area contributed by atoms with Gasteiger partial charge in [0.25, 0.3) is 0 Å². The third-order valence-electron chi connectivity index (χ3n) is 6.83. The van der Waals surface area contributed by atoms with Crippen molar-refractivity contribution in [3.63, 3.8) is 0 Å². The topological polar surface area (TPSA) is 105 Å². The van der Waals surface area contributed by atoms with Crippen molar-refractivity contribution in [2.24, 2.45) is 0 Å². The Morgan fingerprint density at radius 3 is 2.28 bits per heavy atom. The molecule has 0 radical (unpaired) electrons. The molecule has 0 spiro atoms. The summed E-state index contributed by atoms with van der Waals surface area (Å²) >= 11 is 0. The van der Waals surface area contributed by atoms with Gasteiger partial charge in [0, 0.05) is 31.6 Å². The smallest absolute Gasteiger partial charge is 0.243 e. The van der Waals surface area contributed by atoms with E-state index in [0.717, 1.165) is 23.8 Å². The molecule has 2 amide bonds. The molecule has 1 N–H and O–H groups in total. The molecule has 10 heteroatoms. The molecule has 0 saturated heterocycles. The lowest BCUT2D eigenvalue weighted by Gasteiger charge is -2.32. The molecule has 3 rings (SSSR count). The zero-order chi connectivity index (χ0) is 28.6. The standard InChI is InChI=1S/C29H41N3O6S/c1-6-22(4)30-29(34)25(7-2)31(20-23-12-10-21(3)11-13-23)28(33)9-8-16-32(39(5,35)36)24-14-15-26-27(19-24)38-18-17-37-26/h10-15,19,22,25H,6-9,16-18,20H2,1-5H3,(H,30,34)/t22-,25+/m1/s1. The highest BCUT2D eigenvalue weighted by atomic mass is 32.2. The second kappa shape index (κ2) is 13.7. The minimum atomic E-state index is -3.62. The van der Waals surface area contributed by atoms with Crippen molar-refractivity contribution in [1.82, 2.24) is 10.2 Å². The molecule has 1 heterocycles. The average molecular weight is 560 g/mol. The van der Waals surface area contributed by atoms with Crippen LogP contribution in [0.3, 0.4) is 0 Å². The number of hydrogen-bond donors (Lipinski definition) is 1. The molecular weight excluding hydrogens is 518 g/mol. The molecule has 9 nitrogen and oxygen atoms in total. The first-order valence-electron chi connectivity index (χ1n) is 13.6. The number of anilines is 1. The van der Waals surface area contributed by atoms with Gasteiger partial charge >= 0.3 is 0 Å². The molecule has 2 aromatic rings. The zero-order valence-electron chi connectivity index (χ0n) is 23.6. The van der Waals surface area contributed by atoms with Crippen LogP contribution in [0.4, 0.5) is 5.69 Å². The summed E-state index contributed by atoms with van der Waals surface area (Å²) in [5.41, 5.74) is 2.49. The Bertz CT molecular complexity index is 1230. The van der Waals surface area contributed by atoms with Crippen molar-refractivity contribution in [3.8, 4) is 11.5 Å². The number of nitrogens with zero attached hydrogens (tertiary/aromatic N) is 2. The third-order valence-corrected chi connectivity index (χ3v) is 8.02. The number of ether oxygens (including phenoxy) is 2. The normalized spacial score (nSPS) is 14.3. The van der Waals surface area contributed by atoms with Gasteiger partial charge in [-0.15, -0.1) is 0 Å². The minimum Gasteiger partial charge on any atom is -0.486 e. The lowest BCUT2D eigenvalue weighted by molar-refractivity contribution is -0.141. The van der Waals surface area contributed by atoms with Gasteiger partial charge in [0.05, 0.1) is 11.9 Å². The van der Waals surface area contributed by atoms with E-state index in [1.54, 1.807) is 23.1 Å². The van der Waals surface area contributed by atoms with Crippen LogP contribution < -0.4 is 19.1 Å². The maximum absolute atomic E-state index is 13.6. The molecule has 2 aromatic carbocycles. The van der Waals surface area contributed by atoms with Crippen molar-refractivity contribution in [3.05, 3.63) is 53.6 Å². The van der Waals surface area contributed by atoms with Gasteiger partial charge in [0.2, 0.25) is 21.8 Å². The number of amides is 2. The number of nitrogens with one attached hydrogen (secondary N) is 1. The van der Waals surface area contributed by atoms with Gasteiger partial charge in [-0.3, -0.25) is 13.9 Å². The van der Waals surface area contributed by atoms with Crippen LogP contribution in [-0.4, -0.2) is 63.2 Å². The van der Waals surface area contributed by atoms with E-state index < -0.39 is 16.1 Å². The van der Waals surface area contributed by atoms with Crippen molar-refractivity contribution in [1.29, 1.82) is 0 Å². The molecule has 2 atom stereocenters. The first-order chi connectivity index (χ1) is 18.5. The van der Waals surface area contributed by atoms with E-state index in [4.69, 9.17) is 9.47 Å². The molecule has 1 aliphatic rings. The SMILES string of the molecule is CC[C@@H](C)NC(=O)[C@H](CC)N(Cc1ccc(C)cc1)C(=O)CCCN(c1ccc2c(c1)OCCO2)S(C)(=O)=O. The monoisotopic (exact) mass is 559 g/mol. The number of carbonyl (C=O) groups excluding carboxylic acids is 2. The van der Waals surface area contributed by atoms with Crippen LogP contribution in [0.25, 0.3) is 0 Å². The Kier molecular flexibility index (Phi) is 10.6. The van der Waals surface area contributed by atoms with E-state index in [0.29, 0.717) is 43.4 Å². The molecule has 0 fully saturated rings. The Labute approximate surface area is 232 Å². The summed E-state index contributed by atoms with van der Waals surface area (Å²) < 4.78 is 37.8. The largest absolute Gasteiger partial charge is 0.486 e. The molecule has 0 unspecified atom stereocenters. The van der Waals surface area contributed by atoms with Crippen molar-refractivity contribution >= 4 is 27.5 Å². The van der Waals surface area contributed by atoms with Gasteiger partial charge in [-0.25, -0.2) is 8.42 Å². The predicted octanol–water partition coefficient (Wildman–Crippen LogP) is 4.03. The van der Waals surface area contributed by atoms with Crippen molar-refractivity contribution < 1.29 is 27.5 Å². The third kappa shape index (κ3) is 8.36. The second-order valence-corrected chi connectivity index (χ2v) is 11.9. The van der Waals surface area contributed by atoms with Gasteiger partial charge in [0.1, 0.15) is 19.3 Å². The second-order valence-electron chi connectivity index (χ2n) is 10.0. The molecule has 0 bridgehead atoms. The van der Waals surface area contributed by atoms with Crippen LogP contribution >= 0.6 is 0 Å². The number of fused-ring (bicyclic) bond motifs is 1. The Morgan fingerprint density at radius 2 is 1.67 bits per heavy atom. The van der Waals surface area contributed by atoms with E-state index in [9.17, 15) is 18.0 Å². The summed E-state index contributed by atoms with van der Waals surface area (Å²) in [6, 6.07) is 12.3. The molecule has 39 heavy (non-hydrogen) atoms. The van der Waals surface area contributed by atoms with E-state index in [-0.39, 0.29) is 37.2 Å². The van der Waals surface area contributed by atoms with Crippen molar-refractivity contribution in [2.75, 3.05) is 30.3 Å². The summed E-state index contributed by atoms with van der Waals surface area (Å²) in [6.45, 7) is 9.06. The lowest BCUT2D eigenvalue weighted by Crippen LogP contribution is -2.50. The Hall–Kier alpha value is -3.27. The molecule has 0 aliphatic carbocycles. The number of hydrogen-bond acceptors (Lipinski definition) is 6. The number of rotatable bonds is 13. The number of aryl methyl sites for hydroxylation is 1. The fourth-order valence-electron chi connectivity index (χ4n) is 4.44. The van der Waals surface area contributed by atoms with E-state index in [2.05, 4.69) is 5.32 Å². The van der Waals surface area contributed by atoms with E-state index in [1.807, 2.05) is 52.0 Å². The van der Waals surface area contributed by atoms with Crippen LogP contribution in [0.5, 0.6) is 11.5 Å². The molecular formula is C29H41N3O6S. The fourth-order valence-corrected chi connectivity index (χ4v) is 5.40. The predicted molar refractivity (Wildman–Crippen MR) is 153 cm³/mol. The van der Waals surface area contributed by atoms with Gasteiger partial charge in [-0.05, 0) is 50.8 Å². The molecule has 0 saturated carbocycles. The maximum Gasteiger partial charge on any atom is 0.243 e. The first kappa shape index (κ1) is 30.3. The highest BCUT2D eigenvalue weighted by Crippen LogP contribution is 2.34. The minimum absolute atomic E-state index is 0.00260. The summed E-state index contributed by atoms with van der Waals surface area (Å²) in [6.07, 6.45) is 2.77.